The quantitative estimate of drug-likeness (QED) is 0.902. The highest BCUT2D eigenvalue weighted by Gasteiger charge is 2.43. The maximum Gasteiger partial charge on any atom is 0.237 e. The fraction of sp³-hybridized carbons (Fsp3) is 0.267. The number of para-hydroxylation sites is 1. The second-order valence-corrected chi connectivity index (χ2v) is 5.47. The van der Waals surface area contributed by atoms with Gasteiger partial charge < -0.3 is 10.6 Å². The molecule has 2 aromatic rings. The van der Waals surface area contributed by atoms with Crippen molar-refractivity contribution in [2.24, 2.45) is 0 Å². The molecule has 0 radical (unpaired) electrons. The van der Waals surface area contributed by atoms with E-state index in [1.165, 1.54) is 6.20 Å². The molecule has 5 nitrogen and oxygen atoms in total. The Bertz CT molecular complexity index is 664. The zero-order chi connectivity index (χ0) is 14.3. The first kappa shape index (κ1) is 12.6. The molecule has 0 aliphatic carbocycles. The van der Waals surface area contributed by atoms with Gasteiger partial charge in [0.1, 0.15) is 5.82 Å². The van der Waals surface area contributed by atoms with Crippen molar-refractivity contribution >= 4 is 17.4 Å². The van der Waals surface area contributed by atoms with Crippen LogP contribution in [-0.4, -0.2) is 15.9 Å². The first-order valence-corrected chi connectivity index (χ1v) is 6.48. The van der Waals surface area contributed by atoms with Gasteiger partial charge in [-0.1, -0.05) is 18.2 Å². The summed E-state index contributed by atoms with van der Waals surface area (Å²) in [5, 5.41) is 0. The van der Waals surface area contributed by atoms with Crippen molar-refractivity contribution in [1.82, 2.24) is 9.97 Å². The van der Waals surface area contributed by atoms with Crippen LogP contribution in [0.2, 0.25) is 0 Å². The summed E-state index contributed by atoms with van der Waals surface area (Å²) in [6.45, 7) is 4.30. The van der Waals surface area contributed by atoms with E-state index in [0.717, 1.165) is 16.9 Å². The lowest BCUT2D eigenvalue weighted by atomic mass is 9.86. The van der Waals surface area contributed by atoms with Crippen molar-refractivity contribution in [3.63, 3.8) is 0 Å². The predicted octanol–water partition coefficient (Wildman–Crippen LogP) is 1.88. The molecule has 0 unspecified atom stereocenters. The Kier molecular flexibility index (Phi) is 2.71. The molecule has 1 aromatic carbocycles. The number of anilines is 2. The van der Waals surface area contributed by atoms with Crippen LogP contribution in [0.3, 0.4) is 0 Å². The number of nitrogen functional groups attached to an aromatic ring is 1. The molecule has 1 amide bonds. The summed E-state index contributed by atoms with van der Waals surface area (Å²) in [5.41, 5.74) is 7.74. The third-order valence-corrected chi connectivity index (χ3v) is 3.69. The predicted molar refractivity (Wildman–Crippen MR) is 77.1 cm³/mol. The van der Waals surface area contributed by atoms with E-state index in [9.17, 15) is 4.79 Å². The minimum Gasteiger partial charge on any atom is -0.382 e. The number of carbonyl (C=O) groups is 1. The van der Waals surface area contributed by atoms with Gasteiger partial charge in [0.05, 0.1) is 30.0 Å². The van der Waals surface area contributed by atoms with Crippen LogP contribution in [0, 0.1) is 0 Å². The number of benzene rings is 1. The Labute approximate surface area is 117 Å². The third-order valence-electron chi connectivity index (χ3n) is 3.69. The van der Waals surface area contributed by atoms with Crippen LogP contribution in [0.5, 0.6) is 0 Å². The molecule has 2 N–H and O–H groups in total. The highest BCUT2D eigenvalue weighted by molar-refractivity contribution is 6.07. The Morgan fingerprint density at radius 2 is 1.95 bits per heavy atom. The number of rotatable bonds is 2. The number of aromatic nitrogens is 2. The Hall–Kier alpha value is -2.43. The summed E-state index contributed by atoms with van der Waals surface area (Å²) < 4.78 is 0. The fourth-order valence-electron chi connectivity index (χ4n) is 2.56. The van der Waals surface area contributed by atoms with Crippen molar-refractivity contribution in [3.05, 3.63) is 47.9 Å². The van der Waals surface area contributed by atoms with Crippen molar-refractivity contribution in [2.45, 2.75) is 25.8 Å². The van der Waals surface area contributed by atoms with Crippen LogP contribution >= 0.6 is 0 Å². The summed E-state index contributed by atoms with van der Waals surface area (Å²) in [6.07, 6.45) is 3.11. The Morgan fingerprint density at radius 3 is 2.65 bits per heavy atom. The molecular formula is C15H16N4O. The summed E-state index contributed by atoms with van der Waals surface area (Å²) in [4.78, 5) is 22.6. The smallest absolute Gasteiger partial charge is 0.237 e. The molecule has 0 fully saturated rings. The number of fused-ring (bicyclic) bond motifs is 1. The van der Waals surface area contributed by atoms with E-state index in [4.69, 9.17) is 5.73 Å². The van der Waals surface area contributed by atoms with Gasteiger partial charge in [-0.25, -0.2) is 4.98 Å². The molecule has 20 heavy (non-hydrogen) atoms. The maximum atomic E-state index is 12.6. The average Bonchev–Trinajstić information content (AvgIpc) is 2.63. The lowest BCUT2D eigenvalue weighted by Gasteiger charge is -2.20. The highest BCUT2D eigenvalue weighted by Crippen LogP contribution is 2.41. The molecule has 5 heteroatoms. The lowest BCUT2D eigenvalue weighted by molar-refractivity contribution is -0.122. The largest absolute Gasteiger partial charge is 0.382 e. The van der Waals surface area contributed by atoms with Gasteiger partial charge in [-0.3, -0.25) is 9.78 Å². The van der Waals surface area contributed by atoms with E-state index >= 15 is 0 Å². The van der Waals surface area contributed by atoms with E-state index in [0.29, 0.717) is 12.4 Å². The van der Waals surface area contributed by atoms with E-state index in [1.807, 2.05) is 38.1 Å². The summed E-state index contributed by atoms with van der Waals surface area (Å²) in [5.74, 6) is 0.458. The molecule has 1 aromatic heterocycles. The van der Waals surface area contributed by atoms with Crippen LogP contribution < -0.4 is 10.6 Å². The SMILES string of the molecule is CC1(C)C(=O)N(Cc2cnc(N)cn2)c2ccccc21. The number of nitrogens with zero attached hydrogens (tertiary/aromatic N) is 3. The molecule has 0 spiro atoms. The van der Waals surface area contributed by atoms with Crippen LogP contribution in [0.25, 0.3) is 0 Å². The Morgan fingerprint density at radius 1 is 1.20 bits per heavy atom. The van der Waals surface area contributed by atoms with Gasteiger partial charge in [-0.05, 0) is 25.5 Å². The summed E-state index contributed by atoms with van der Waals surface area (Å²) in [6, 6.07) is 7.87. The molecule has 0 bridgehead atoms. The molecule has 1 aliphatic rings. The van der Waals surface area contributed by atoms with Crippen LogP contribution in [0.4, 0.5) is 11.5 Å². The second kappa shape index (κ2) is 4.30. The van der Waals surface area contributed by atoms with Gasteiger partial charge in [-0.15, -0.1) is 0 Å². The van der Waals surface area contributed by atoms with Gasteiger partial charge in [-0.2, -0.15) is 0 Å². The van der Waals surface area contributed by atoms with E-state index in [1.54, 1.807) is 11.1 Å². The monoisotopic (exact) mass is 268 g/mol. The normalized spacial score (nSPS) is 16.3. The fourth-order valence-corrected chi connectivity index (χ4v) is 2.56. The number of nitrogens with two attached hydrogens (primary N) is 1. The van der Waals surface area contributed by atoms with Gasteiger partial charge in [0.2, 0.25) is 5.91 Å². The number of carbonyl (C=O) groups excluding carboxylic acids is 1. The topological polar surface area (TPSA) is 72.1 Å². The molecular weight excluding hydrogens is 252 g/mol. The molecule has 2 heterocycles. The number of amides is 1. The Balaban J connectivity index is 1.98. The molecule has 0 saturated carbocycles. The minimum absolute atomic E-state index is 0.0809. The molecule has 102 valence electrons. The zero-order valence-electron chi connectivity index (χ0n) is 11.5. The van der Waals surface area contributed by atoms with Gasteiger partial charge in [0.25, 0.3) is 0 Å². The first-order valence-electron chi connectivity index (χ1n) is 6.48. The van der Waals surface area contributed by atoms with Crippen LogP contribution in [0.1, 0.15) is 25.1 Å². The minimum atomic E-state index is -0.502. The number of hydrogen-bond donors (Lipinski definition) is 1. The summed E-state index contributed by atoms with van der Waals surface area (Å²) >= 11 is 0. The van der Waals surface area contributed by atoms with Crippen LogP contribution in [-0.2, 0) is 16.8 Å². The highest BCUT2D eigenvalue weighted by atomic mass is 16.2. The van der Waals surface area contributed by atoms with E-state index in [-0.39, 0.29) is 5.91 Å². The first-order chi connectivity index (χ1) is 9.50. The maximum absolute atomic E-state index is 12.6. The molecule has 0 atom stereocenters. The molecule has 1 aliphatic heterocycles. The standard InChI is InChI=1S/C15H16N4O/c1-15(2)11-5-3-4-6-12(11)19(14(15)20)9-10-7-18-13(16)8-17-10/h3-8H,9H2,1-2H3,(H2,16,18). The average molecular weight is 268 g/mol. The van der Waals surface area contributed by atoms with Crippen molar-refractivity contribution < 1.29 is 4.79 Å². The lowest BCUT2D eigenvalue weighted by Crippen LogP contribution is -2.35. The van der Waals surface area contributed by atoms with E-state index < -0.39 is 5.41 Å². The van der Waals surface area contributed by atoms with Gasteiger partial charge in [0, 0.05) is 5.69 Å². The van der Waals surface area contributed by atoms with E-state index in [2.05, 4.69) is 9.97 Å². The van der Waals surface area contributed by atoms with Crippen LogP contribution in [0.15, 0.2) is 36.7 Å². The van der Waals surface area contributed by atoms with Crippen molar-refractivity contribution in [1.29, 1.82) is 0 Å². The third kappa shape index (κ3) is 1.82. The van der Waals surface area contributed by atoms with Crippen molar-refractivity contribution in [3.8, 4) is 0 Å². The second-order valence-electron chi connectivity index (χ2n) is 5.47. The molecule has 0 saturated heterocycles. The zero-order valence-corrected chi connectivity index (χ0v) is 11.5. The number of hydrogen-bond acceptors (Lipinski definition) is 4. The van der Waals surface area contributed by atoms with Gasteiger partial charge >= 0.3 is 0 Å². The van der Waals surface area contributed by atoms with Gasteiger partial charge in [0.15, 0.2) is 0 Å². The van der Waals surface area contributed by atoms with Crippen molar-refractivity contribution in [2.75, 3.05) is 10.6 Å². The molecule has 3 rings (SSSR count). The summed E-state index contributed by atoms with van der Waals surface area (Å²) in [7, 11) is 0.